The first-order valence-corrected chi connectivity index (χ1v) is 6.97. The topological polar surface area (TPSA) is 29.0 Å². The van der Waals surface area contributed by atoms with E-state index in [9.17, 15) is 0 Å². The van der Waals surface area contributed by atoms with Crippen LogP contribution >= 0.6 is 22.7 Å². The van der Waals surface area contributed by atoms with Crippen molar-refractivity contribution >= 4 is 27.8 Å². The summed E-state index contributed by atoms with van der Waals surface area (Å²) in [7, 11) is 2.08. The number of thiophene rings is 1. The highest BCUT2D eigenvalue weighted by atomic mass is 32.1. The molecule has 0 aliphatic carbocycles. The minimum absolute atomic E-state index is 0.446. The molecule has 0 aliphatic heterocycles. The Hall–Kier alpha value is -0.940. The number of nitrogens with zero attached hydrogens (tertiary/aromatic N) is 3. The van der Waals surface area contributed by atoms with Gasteiger partial charge in [-0.05, 0) is 42.7 Å². The smallest absolute Gasteiger partial charge is 0.208 e. The lowest BCUT2D eigenvalue weighted by atomic mass is 10.1. The van der Waals surface area contributed by atoms with E-state index in [1.54, 1.807) is 22.7 Å². The third-order valence-electron chi connectivity index (χ3n) is 2.59. The van der Waals surface area contributed by atoms with Crippen molar-refractivity contribution in [2.75, 3.05) is 11.9 Å². The van der Waals surface area contributed by atoms with Crippen LogP contribution in [-0.4, -0.2) is 23.3 Å². The molecular formula is C11H15N3S2. The average Bonchev–Trinajstić information content (AvgIpc) is 2.88. The normalized spacial score (nSPS) is 12.7. The molecule has 0 spiro atoms. The number of hydrogen-bond donors (Lipinski definition) is 0. The molecule has 1 unspecified atom stereocenters. The molecular weight excluding hydrogens is 238 g/mol. The standard InChI is InChI=1S/C11H15N3S2/c1-8(6-10-4-5-15-7-10)14(3)11-13-12-9(2)16-11/h4-5,7-8H,6H2,1-3H3. The Labute approximate surface area is 104 Å². The Bertz CT molecular complexity index is 436. The van der Waals surface area contributed by atoms with E-state index in [4.69, 9.17) is 0 Å². The Morgan fingerprint density at radius 3 is 2.81 bits per heavy atom. The molecule has 0 aliphatic rings. The first-order chi connectivity index (χ1) is 7.66. The van der Waals surface area contributed by atoms with Crippen molar-refractivity contribution in [1.82, 2.24) is 10.2 Å². The first kappa shape index (κ1) is 11.5. The predicted octanol–water partition coefficient (Wildman–Crippen LogP) is 2.98. The highest BCUT2D eigenvalue weighted by Crippen LogP contribution is 2.21. The van der Waals surface area contributed by atoms with Gasteiger partial charge in [-0.1, -0.05) is 11.3 Å². The fourth-order valence-corrected chi connectivity index (χ4v) is 2.94. The minimum Gasteiger partial charge on any atom is -0.347 e. The lowest BCUT2D eigenvalue weighted by Crippen LogP contribution is -2.30. The third-order valence-corrected chi connectivity index (χ3v) is 4.25. The molecule has 2 rings (SSSR count). The molecule has 5 heteroatoms. The molecule has 2 aromatic rings. The molecule has 2 heterocycles. The van der Waals surface area contributed by atoms with Gasteiger partial charge in [0.15, 0.2) is 0 Å². The van der Waals surface area contributed by atoms with Gasteiger partial charge in [-0.2, -0.15) is 11.3 Å². The fraction of sp³-hybridized carbons (Fsp3) is 0.455. The van der Waals surface area contributed by atoms with Crippen molar-refractivity contribution in [3.63, 3.8) is 0 Å². The van der Waals surface area contributed by atoms with Crippen LogP contribution < -0.4 is 4.90 Å². The summed E-state index contributed by atoms with van der Waals surface area (Å²) in [5.74, 6) is 0. The monoisotopic (exact) mass is 253 g/mol. The van der Waals surface area contributed by atoms with Gasteiger partial charge in [-0.3, -0.25) is 0 Å². The molecule has 0 saturated carbocycles. The van der Waals surface area contributed by atoms with Crippen molar-refractivity contribution in [3.8, 4) is 0 Å². The summed E-state index contributed by atoms with van der Waals surface area (Å²) in [6.45, 7) is 4.20. The van der Waals surface area contributed by atoms with Gasteiger partial charge < -0.3 is 4.90 Å². The molecule has 0 bridgehead atoms. The molecule has 0 saturated heterocycles. The molecule has 1 atom stereocenters. The van der Waals surface area contributed by atoms with Gasteiger partial charge in [-0.25, -0.2) is 0 Å². The number of rotatable bonds is 4. The van der Waals surface area contributed by atoms with Crippen molar-refractivity contribution < 1.29 is 0 Å². The van der Waals surface area contributed by atoms with E-state index in [1.165, 1.54) is 5.56 Å². The summed E-state index contributed by atoms with van der Waals surface area (Å²) in [6.07, 6.45) is 1.05. The molecule has 2 aromatic heterocycles. The van der Waals surface area contributed by atoms with Crippen molar-refractivity contribution in [2.45, 2.75) is 26.3 Å². The molecule has 16 heavy (non-hydrogen) atoms. The van der Waals surface area contributed by atoms with Crippen LogP contribution in [0.15, 0.2) is 16.8 Å². The van der Waals surface area contributed by atoms with Crippen LogP contribution in [0.25, 0.3) is 0 Å². The van der Waals surface area contributed by atoms with E-state index in [1.807, 2.05) is 6.92 Å². The van der Waals surface area contributed by atoms with E-state index in [-0.39, 0.29) is 0 Å². The lowest BCUT2D eigenvalue weighted by molar-refractivity contribution is 0.678. The van der Waals surface area contributed by atoms with E-state index in [0.29, 0.717) is 6.04 Å². The van der Waals surface area contributed by atoms with Gasteiger partial charge in [-0.15, -0.1) is 10.2 Å². The van der Waals surface area contributed by atoms with Gasteiger partial charge in [0.2, 0.25) is 5.13 Å². The van der Waals surface area contributed by atoms with E-state index < -0.39 is 0 Å². The van der Waals surface area contributed by atoms with Crippen LogP contribution in [0, 0.1) is 6.92 Å². The minimum atomic E-state index is 0.446. The van der Waals surface area contributed by atoms with Crippen LogP contribution in [0.4, 0.5) is 5.13 Å². The van der Waals surface area contributed by atoms with Crippen LogP contribution in [0.3, 0.4) is 0 Å². The predicted molar refractivity (Wildman–Crippen MR) is 70.5 cm³/mol. The maximum Gasteiger partial charge on any atom is 0.208 e. The summed E-state index contributed by atoms with van der Waals surface area (Å²) in [4.78, 5) is 2.20. The molecule has 0 amide bonds. The summed E-state index contributed by atoms with van der Waals surface area (Å²) in [6, 6.07) is 2.63. The highest BCUT2D eigenvalue weighted by molar-refractivity contribution is 7.15. The van der Waals surface area contributed by atoms with E-state index in [2.05, 4.69) is 45.9 Å². The highest BCUT2D eigenvalue weighted by Gasteiger charge is 2.14. The summed E-state index contributed by atoms with van der Waals surface area (Å²) in [5.41, 5.74) is 1.39. The Morgan fingerprint density at radius 1 is 1.44 bits per heavy atom. The SMILES string of the molecule is Cc1nnc(N(C)C(C)Cc2ccsc2)s1. The number of aryl methyl sites for hydroxylation is 1. The second-order valence-corrected chi connectivity index (χ2v) is 5.84. The molecule has 3 nitrogen and oxygen atoms in total. The first-order valence-electron chi connectivity index (χ1n) is 5.21. The number of anilines is 1. The second kappa shape index (κ2) is 4.93. The van der Waals surface area contributed by atoms with Gasteiger partial charge in [0, 0.05) is 13.1 Å². The van der Waals surface area contributed by atoms with Crippen LogP contribution in [0.2, 0.25) is 0 Å². The molecule has 86 valence electrons. The Kier molecular flexibility index (Phi) is 3.56. The quantitative estimate of drug-likeness (QED) is 0.839. The number of aromatic nitrogens is 2. The van der Waals surface area contributed by atoms with Crippen molar-refractivity contribution in [2.24, 2.45) is 0 Å². The number of hydrogen-bond acceptors (Lipinski definition) is 5. The maximum atomic E-state index is 4.16. The van der Waals surface area contributed by atoms with Crippen molar-refractivity contribution in [3.05, 3.63) is 27.4 Å². The summed E-state index contributed by atoms with van der Waals surface area (Å²) in [5, 5.41) is 14.6. The molecule has 0 radical (unpaired) electrons. The molecule has 0 aromatic carbocycles. The third kappa shape index (κ3) is 2.59. The lowest BCUT2D eigenvalue weighted by Gasteiger charge is -2.23. The molecule has 0 fully saturated rings. The zero-order valence-electron chi connectivity index (χ0n) is 9.67. The zero-order chi connectivity index (χ0) is 11.5. The second-order valence-electron chi connectivity index (χ2n) is 3.90. The van der Waals surface area contributed by atoms with Gasteiger partial charge in [0.1, 0.15) is 5.01 Å². The van der Waals surface area contributed by atoms with E-state index in [0.717, 1.165) is 16.6 Å². The summed E-state index contributed by atoms with van der Waals surface area (Å²) >= 11 is 3.39. The maximum absolute atomic E-state index is 4.16. The van der Waals surface area contributed by atoms with Crippen molar-refractivity contribution in [1.29, 1.82) is 0 Å². The largest absolute Gasteiger partial charge is 0.347 e. The summed E-state index contributed by atoms with van der Waals surface area (Å²) < 4.78 is 0. The van der Waals surface area contributed by atoms with Gasteiger partial charge in [0.25, 0.3) is 0 Å². The Morgan fingerprint density at radius 2 is 2.25 bits per heavy atom. The van der Waals surface area contributed by atoms with Crippen LogP contribution in [0.1, 0.15) is 17.5 Å². The van der Waals surface area contributed by atoms with Crippen LogP contribution in [0.5, 0.6) is 0 Å². The van der Waals surface area contributed by atoms with Crippen LogP contribution in [-0.2, 0) is 6.42 Å². The zero-order valence-corrected chi connectivity index (χ0v) is 11.3. The average molecular weight is 253 g/mol. The fourth-order valence-electron chi connectivity index (χ4n) is 1.50. The molecule has 0 N–H and O–H groups in total. The van der Waals surface area contributed by atoms with Gasteiger partial charge in [0.05, 0.1) is 0 Å². The van der Waals surface area contributed by atoms with E-state index >= 15 is 0 Å². The van der Waals surface area contributed by atoms with Gasteiger partial charge >= 0.3 is 0 Å². The Balaban J connectivity index is 2.02. The number of likely N-dealkylation sites (N-methyl/N-ethyl adjacent to an activating group) is 1.